The van der Waals surface area contributed by atoms with Crippen molar-refractivity contribution in [1.29, 1.82) is 0 Å². The molecule has 6 nitrogen and oxygen atoms in total. The lowest BCUT2D eigenvalue weighted by atomic mass is 9.94. The lowest BCUT2D eigenvalue weighted by molar-refractivity contribution is -0.117. The van der Waals surface area contributed by atoms with Gasteiger partial charge in [-0.1, -0.05) is 43.3 Å². The number of carbonyl (C=O) groups excluding carboxylic acids is 1. The van der Waals surface area contributed by atoms with Gasteiger partial charge in [-0.25, -0.2) is 0 Å². The van der Waals surface area contributed by atoms with E-state index in [1.54, 1.807) is 0 Å². The average Bonchev–Trinajstić information content (AvgIpc) is 3.16. The van der Waals surface area contributed by atoms with Crippen molar-refractivity contribution < 1.29 is 4.79 Å². The van der Waals surface area contributed by atoms with E-state index in [2.05, 4.69) is 32.9 Å². The van der Waals surface area contributed by atoms with E-state index in [-0.39, 0.29) is 5.91 Å². The van der Waals surface area contributed by atoms with Crippen molar-refractivity contribution in [2.75, 3.05) is 5.32 Å². The molecule has 3 aromatic rings. The second-order valence-corrected chi connectivity index (χ2v) is 5.96. The van der Waals surface area contributed by atoms with Gasteiger partial charge in [0, 0.05) is 11.5 Å². The fourth-order valence-electron chi connectivity index (χ4n) is 2.70. The molecule has 0 saturated heterocycles. The van der Waals surface area contributed by atoms with E-state index in [0.717, 1.165) is 23.2 Å². The van der Waals surface area contributed by atoms with Gasteiger partial charge in [0.05, 0.1) is 5.92 Å². The number of benzene rings is 2. The second kappa shape index (κ2) is 7.70. The molecule has 0 spiro atoms. The minimum Gasteiger partial charge on any atom is -0.335 e. The van der Waals surface area contributed by atoms with Crippen LogP contribution in [0.15, 0.2) is 48.5 Å². The topological polar surface area (TPSA) is 81.9 Å². The van der Waals surface area contributed by atoms with Crippen LogP contribution in [0.3, 0.4) is 0 Å². The normalized spacial score (nSPS) is 11.9. The van der Waals surface area contributed by atoms with E-state index in [9.17, 15) is 4.79 Å². The van der Waals surface area contributed by atoms with Gasteiger partial charge in [-0.05, 0) is 48.6 Å². The van der Waals surface area contributed by atoms with Crippen LogP contribution in [0.4, 0.5) is 5.69 Å². The third kappa shape index (κ3) is 4.09. The minimum absolute atomic E-state index is 0.165. The minimum atomic E-state index is -0.540. The van der Waals surface area contributed by atoms with Crippen molar-refractivity contribution in [2.45, 2.75) is 32.6 Å². The number of hydrogen-bond donors (Lipinski definition) is 1. The predicted molar refractivity (Wildman–Crippen MR) is 95.2 cm³/mol. The first-order valence-corrected chi connectivity index (χ1v) is 8.30. The smallest absolute Gasteiger partial charge is 0.232 e. The Balaban J connectivity index is 1.81. The Morgan fingerprint density at radius 3 is 2.56 bits per heavy atom. The zero-order valence-corrected chi connectivity index (χ0v) is 14.3. The molecular weight excluding hydrogens is 314 g/mol. The Kier molecular flexibility index (Phi) is 5.18. The van der Waals surface area contributed by atoms with Gasteiger partial charge in [0.15, 0.2) is 0 Å². The molecule has 1 heterocycles. The van der Waals surface area contributed by atoms with Crippen molar-refractivity contribution >= 4 is 11.6 Å². The molecule has 2 aromatic carbocycles. The molecule has 0 unspecified atom stereocenters. The van der Waals surface area contributed by atoms with Crippen LogP contribution in [0.2, 0.25) is 0 Å². The number of aryl methyl sites for hydroxylation is 2. The van der Waals surface area contributed by atoms with Crippen LogP contribution in [0, 0.1) is 6.92 Å². The molecule has 0 aliphatic rings. The number of carbonyl (C=O) groups is 1. The van der Waals surface area contributed by atoms with Crippen LogP contribution in [-0.2, 0) is 17.6 Å². The first-order chi connectivity index (χ1) is 12.2. The fourth-order valence-corrected chi connectivity index (χ4v) is 2.70. The molecule has 0 bridgehead atoms. The SMILES string of the molecule is CCc1ccc(NC(=O)[C@@H](Cc2ccccc2C)c2nnn[n-]2)cc1. The van der Waals surface area contributed by atoms with Gasteiger partial charge in [0.25, 0.3) is 0 Å². The third-order valence-corrected chi connectivity index (χ3v) is 4.28. The molecule has 1 N–H and O–H groups in total. The van der Waals surface area contributed by atoms with Crippen molar-refractivity contribution in [2.24, 2.45) is 0 Å². The highest BCUT2D eigenvalue weighted by atomic mass is 16.1. The van der Waals surface area contributed by atoms with E-state index in [1.807, 2.05) is 55.5 Å². The molecule has 1 amide bonds. The standard InChI is InChI=1S/C19H21N5O/c1-3-14-8-10-16(11-9-14)20-19(25)17(18-21-23-24-22-18)12-15-7-5-4-6-13(15)2/h4-11,17H,3,12H2,1-2H3,(H2,20,21,22,23,24,25)/p-1/t17-/m0/s1. The largest absolute Gasteiger partial charge is 0.335 e. The summed E-state index contributed by atoms with van der Waals surface area (Å²) < 4.78 is 0. The van der Waals surface area contributed by atoms with Gasteiger partial charge in [-0.3, -0.25) is 15.1 Å². The first kappa shape index (κ1) is 16.8. The van der Waals surface area contributed by atoms with E-state index < -0.39 is 5.92 Å². The van der Waals surface area contributed by atoms with Crippen LogP contribution in [0.1, 0.15) is 35.4 Å². The molecule has 128 valence electrons. The van der Waals surface area contributed by atoms with Crippen molar-refractivity contribution in [3.63, 3.8) is 0 Å². The fraction of sp³-hybridized carbons (Fsp3) is 0.263. The van der Waals surface area contributed by atoms with Crippen molar-refractivity contribution in [3.8, 4) is 0 Å². The summed E-state index contributed by atoms with van der Waals surface area (Å²) in [5.41, 5.74) is 4.18. The third-order valence-electron chi connectivity index (χ3n) is 4.28. The molecule has 1 atom stereocenters. The first-order valence-electron chi connectivity index (χ1n) is 8.30. The van der Waals surface area contributed by atoms with Gasteiger partial charge in [-0.2, -0.15) is 5.21 Å². The molecule has 0 aliphatic carbocycles. The van der Waals surface area contributed by atoms with Crippen LogP contribution >= 0.6 is 0 Å². The Labute approximate surface area is 146 Å². The Hall–Kier alpha value is -3.02. The number of hydrogen-bond acceptors (Lipinski definition) is 4. The van der Waals surface area contributed by atoms with Crippen LogP contribution in [0.25, 0.3) is 0 Å². The second-order valence-electron chi connectivity index (χ2n) is 5.96. The number of nitrogens with zero attached hydrogens (tertiary/aromatic N) is 4. The van der Waals surface area contributed by atoms with Crippen LogP contribution < -0.4 is 10.4 Å². The molecule has 0 aliphatic heterocycles. The number of rotatable bonds is 6. The van der Waals surface area contributed by atoms with Gasteiger partial charge in [-0.15, -0.1) is 0 Å². The van der Waals surface area contributed by atoms with Gasteiger partial charge >= 0.3 is 0 Å². The predicted octanol–water partition coefficient (Wildman–Crippen LogP) is 2.66. The zero-order chi connectivity index (χ0) is 17.6. The summed E-state index contributed by atoms with van der Waals surface area (Å²) in [6.45, 7) is 4.12. The van der Waals surface area contributed by atoms with Gasteiger partial charge in [0.2, 0.25) is 5.91 Å². The van der Waals surface area contributed by atoms with E-state index in [1.165, 1.54) is 5.56 Å². The molecule has 0 saturated carbocycles. The summed E-state index contributed by atoms with van der Waals surface area (Å²) in [6, 6.07) is 15.8. The number of nitrogens with one attached hydrogen (secondary N) is 1. The average molecular weight is 334 g/mol. The van der Waals surface area contributed by atoms with E-state index in [0.29, 0.717) is 12.2 Å². The number of amides is 1. The Morgan fingerprint density at radius 2 is 1.92 bits per heavy atom. The quantitative estimate of drug-likeness (QED) is 0.749. The monoisotopic (exact) mass is 334 g/mol. The van der Waals surface area contributed by atoms with Gasteiger partial charge < -0.3 is 10.4 Å². The maximum absolute atomic E-state index is 12.8. The number of aromatic nitrogens is 4. The van der Waals surface area contributed by atoms with Crippen LogP contribution in [0.5, 0.6) is 0 Å². The number of tetrazole rings is 1. The summed E-state index contributed by atoms with van der Waals surface area (Å²) in [5.74, 6) is -0.366. The molecule has 6 heteroatoms. The molecular formula is C19H20N5O-. The Bertz CT molecular complexity index is 827. The summed E-state index contributed by atoms with van der Waals surface area (Å²) in [4.78, 5) is 12.8. The lowest BCUT2D eigenvalue weighted by Gasteiger charge is -2.18. The highest BCUT2D eigenvalue weighted by molar-refractivity contribution is 5.95. The van der Waals surface area contributed by atoms with Crippen LogP contribution in [-0.4, -0.2) is 21.4 Å². The molecule has 1 aromatic heterocycles. The summed E-state index contributed by atoms with van der Waals surface area (Å²) >= 11 is 0. The maximum atomic E-state index is 12.8. The number of anilines is 1. The highest BCUT2D eigenvalue weighted by Crippen LogP contribution is 2.21. The van der Waals surface area contributed by atoms with Crippen molar-refractivity contribution in [3.05, 3.63) is 71.0 Å². The van der Waals surface area contributed by atoms with Crippen molar-refractivity contribution in [1.82, 2.24) is 20.6 Å². The van der Waals surface area contributed by atoms with Gasteiger partial charge in [0.1, 0.15) is 0 Å². The highest BCUT2D eigenvalue weighted by Gasteiger charge is 2.21. The molecule has 0 radical (unpaired) electrons. The molecule has 25 heavy (non-hydrogen) atoms. The summed E-state index contributed by atoms with van der Waals surface area (Å²) in [7, 11) is 0. The maximum Gasteiger partial charge on any atom is 0.232 e. The lowest BCUT2D eigenvalue weighted by Crippen LogP contribution is -2.24. The van der Waals surface area contributed by atoms with E-state index >= 15 is 0 Å². The Morgan fingerprint density at radius 1 is 1.16 bits per heavy atom. The summed E-state index contributed by atoms with van der Waals surface area (Å²) in [5, 5.41) is 17.8. The molecule has 0 fully saturated rings. The summed E-state index contributed by atoms with van der Waals surface area (Å²) in [6.07, 6.45) is 1.46. The zero-order valence-electron chi connectivity index (χ0n) is 14.3. The van der Waals surface area contributed by atoms with E-state index in [4.69, 9.17) is 0 Å². The molecule has 3 rings (SSSR count).